The summed E-state index contributed by atoms with van der Waals surface area (Å²) in [5.74, 6) is -0.221. The minimum atomic E-state index is -4.45. The van der Waals surface area contributed by atoms with Gasteiger partial charge in [-0.2, -0.15) is 12.7 Å². The molecule has 1 aromatic heterocycles. The predicted molar refractivity (Wildman–Crippen MR) is 137 cm³/mol. The molecular formula is C26H27N3O6S. The second-order valence-electron chi connectivity index (χ2n) is 7.98. The number of hydrogen-bond donors (Lipinski definition) is 1. The number of carbonyl (C=O) groups is 1. The number of amides is 1. The van der Waals surface area contributed by atoms with Crippen LogP contribution in [0.15, 0.2) is 77.8 Å². The largest absolute Gasteiger partial charge is 0.493 e. The first-order valence-electron chi connectivity index (χ1n) is 11.0. The zero-order valence-electron chi connectivity index (χ0n) is 20.3. The fourth-order valence-corrected chi connectivity index (χ4v) is 5.74. The second kappa shape index (κ2) is 9.92. The zero-order valence-corrected chi connectivity index (χ0v) is 21.2. The standard InChI is InChI=1S/C26H27N3O6S/c1-28-20-13-9-8-12-18(20)14-23(28)36(31,32)29(26(30)24(27)17-10-6-5-7-11-17)19-15-21(33-2)25(35-4)22(16-19)34-3/h5-16,24H,27H2,1-4H3/t24-/m0/s1. The van der Waals surface area contributed by atoms with Gasteiger partial charge in [0.05, 0.1) is 27.0 Å². The van der Waals surface area contributed by atoms with Gasteiger partial charge in [-0.15, -0.1) is 0 Å². The number of aromatic nitrogens is 1. The van der Waals surface area contributed by atoms with Gasteiger partial charge in [0.2, 0.25) is 5.75 Å². The SMILES string of the molecule is COc1cc(N(C(=O)[C@@H](N)c2ccccc2)S(=O)(=O)c2cc3ccccc3n2C)cc(OC)c1OC. The third-order valence-electron chi connectivity index (χ3n) is 5.92. The second-order valence-corrected chi connectivity index (χ2v) is 9.71. The summed E-state index contributed by atoms with van der Waals surface area (Å²) in [6, 6.07) is 18.9. The Labute approximate surface area is 209 Å². The highest BCUT2D eigenvalue weighted by Crippen LogP contribution is 2.43. The average Bonchev–Trinajstić information content (AvgIpc) is 3.25. The Bertz CT molecular complexity index is 1490. The van der Waals surface area contributed by atoms with Crippen LogP contribution in [-0.2, 0) is 21.9 Å². The highest BCUT2D eigenvalue weighted by atomic mass is 32.2. The van der Waals surface area contributed by atoms with Crippen molar-refractivity contribution in [2.75, 3.05) is 25.6 Å². The number of ether oxygens (including phenoxy) is 3. The summed E-state index contributed by atoms with van der Waals surface area (Å²) in [7, 11) is 1.41. The molecule has 3 aromatic carbocycles. The molecule has 1 atom stereocenters. The van der Waals surface area contributed by atoms with Gasteiger partial charge in [0.15, 0.2) is 16.5 Å². The maximum Gasteiger partial charge on any atom is 0.286 e. The first-order chi connectivity index (χ1) is 17.2. The van der Waals surface area contributed by atoms with Gasteiger partial charge < -0.3 is 24.5 Å². The lowest BCUT2D eigenvalue weighted by atomic mass is 10.1. The van der Waals surface area contributed by atoms with Gasteiger partial charge in [-0.05, 0) is 17.7 Å². The van der Waals surface area contributed by atoms with Gasteiger partial charge in [0, 0.05) is 30.1 Å². The van der Waals surface area contributed by atoms with Crippen molar-refractivity contribution >= 4 is 32.5 Å². The fraction of sp³-hybridized carbons (Fsp3) is 0.192. The predicted octanol–water partition coefficient (Wildman–Crippen LogP) is 3.63. The summed E-state index contributed by atoms with van der Waals surface area (Å²) in [4.78, 5) is 13.8. The van der Waals surface area contributed by atoms with E-state index >= 15 is 0 Å². The number of sulfonamides is 1. The molecule has 0 saturated carbocycles. The molecule has 0 aliphatic heterocycles. The number of methoxy groups -OCH3 is 3. The molecule has 0 aliphatic rings. The number of hydrogen-bond acceptors (Lipinski definition) is 7. The number of benzene rings is 3. The van der Waals surface area contributed by atoms with Crippen molar-refractivity contribution in [3.05, 3.63) is 78.4 Å². The van der Waals surface area contributed by atoms with Crippen molar-refractivity contribution in [2.24, 2.45) is 12.8 Å². The number of para-hydroxylation sites is 1. The van der Waals surface area contributed by atoms with Crippen molar-refractivity contribution in [3.63, 3.8) is 0 Å². The van der Waals surface area contributed by atoms with Gasteiger partial charge in [-0.3, -0.25) is 4.79 Å². The molecule has 4 aromatic rings. The fourth-order valence-electron chi connectivity index (χ4n) is 4.10. The first-order valence-corrected chi connectivity index (χ1v) is 12.4. The quantitative estimate of drug-likeness (QED) is 0.386. The molecule has 0 radical (unpaired) electrons. The average molecular weight is 510 g/mol. The van der Waals surface area contributed by atoms with Gasteiger partial charge >= 0.3 is 0 Å². The van der Waals surface area contributed by atoms with E-state index in [4.69, 9.17) is 19.9 Å². The summed E-state index contributed by atoms with van der Waals surface area (Å²) in [5.41, 5.74) is 7.46. The summed E-state index contributed by atoms with van der Waals surface area (Å²) < 4.78 is 46.8. The minimum absolute atomic E-state index is 0.00821. The van der Waals surface area contributed by atoms with Crippen LogP contribution in [0.25, 0.3) is 10.9 Å². The molecule has 0 spiro atoms. The molecule has 0 fully saturated rings. The molecule has 1 amide bonds. The van der Waals surface area contributed by atoms with E-state index in [2.05, 4.69) is 0 Å². The molecule has 188 valence electrons. The Morgan fingerprint density at radius 3 is 2.03 bits per heavy atom. The summed E-state index contributed by atoms with van der Waals surface area (Å²) >= 11 is 0. The summed E-state index contributed by atoms with van der Waals surface area (Å²) in [5, 5.41) is 0.634. The van der Waals surface area contributed by atoms with E-state index in [0.29, 0.717) is 20.8 Å². The monoisotopic (exact) mass is 509 g/mol. The Kier molecular flexibility index (Phi) is 6.91. The summed E-state index contributed by atoms with van der Waals surface area (Å²) in [6.07, 6.45) is 0. The van der Waals surface area contributed by atoms with E-state index in [-0.39, 0.29) is 28.0 Å². The van der Waals surface area contributed by atoms with Gasteiger partial charge in [-0.25, -0.2) is 0 Å². The van der Waals surface area contributed by atoms with Crippen LogP contribution in [0.4, 0.5) is 5.69 Å². The third-order valence-corrected chi connectivity index (χ3v) is 7.71. The Morgan fingerprint density at radius 2 is 1.47 bits per heavy atom. The Balaban J connectivity index is 1.96. The van der Waals surface area contributed by atoms with Crippen LogP contribution in [0.2, 0.25) is 0 Å². The topological polar surface area (TPSA) is 113 Å². The van der Waals surface area contributed by atoms with Crippen molar-refractivity contribution in [2.45, 2.75) is 11.1 Å². The van der Waals surface area contributed by atoms with Crippen molar-refractivity contribution in [1.29, 1.82) is 0 Å². The lowest BCUT2D eigenvalue weighted by molar-refractivity contribution is -0.118. The van der Waals surface area contributed by atoms with Crippen LogP contribution in [0, 0.1) is 0 Å². The maximum absolute atomic E-state index is 14.2. The first kappa shape index (κ1) is 25.1. The van der Waals surface area contributed by atoms with E-state index < -0.39 is 22.0 Å². The molecule has 10 heteroatoms. The highest BCUT2D eigenvalue weighted by molar-refractivity contribution is 7.93. The Morgan fingerprint density at radius 1 is 0.889 bits per heavy atom. The molecule has 4 rings (SSSR count). The number of nitrogens with two attached hydrogens (primary N) is 1. The van der Waals surface area contributed by atoms with E-state index in [9.17, 15) is 13.2 Å². The molecule has 9 nitrogen and oxygen atoms in total. The van der Waals surface area contributed by atoms with Crippen LogP contribution in [-0.4, -0.2) is 40.2 Å². The van der Waals surface area contributed by atoms with Crippen LogP contribution in [0.5, 0.6) is 17.2 Å². The molecular weight excluding hydrogens is 482 g/mol. The number of aryl methyl sites for hydroxylation is 1. The number of fused-ring (bicyclic) bond motifs is 1. The third kappa shape index (κ3) is 4.25. The molecule has 36 heavy (non-hydrogen) atoms. The molecule has 2 N–H and O–H groups in total. The Hall–Kier alpha value is -4.02. The van der Waals surface area contributed by atoms with Crippen LogP contribution >= 0.6 is 0 Å². The van der Waals surface area contributed by atoms with Crippen LogP contribution < -0.4 is 24.2 Å². The van der Waals surface area contributed by atoms with Crippen molar-refractivity contribution < 1.29 is 27.4 Å². The van der Waals surface area contributed by atoms with Crippen LogP contribution in [0.3, 0.4) is 0 Å². The maximum atomic E-state index is 14.2. The number of carbonyl (C=O) groups excluding carboxylic acids is 1. The normalized spacial score (nSPS) is 12.2. The van der Waals surface area contributed by atoms with E-state index in [1.54, 1.807) is 49.5 Å². The molecule has 0 bridgehead atoms. The van der Waals surface area contributed by atoms with Crippen molar-refractivity contribution in [1.82, 2.24) is 4.57 Å². The molecule has 1 heterocycles. The highest BCUT2D eigenvalue weighted by Gasteiger charge is 2.37. The summed E-state index contributed by atoms with van der Waals surface area (Å²) in [6.45, 7) is 0. The molecule has 0 saturated heterocycles. The number of rotatable bonds is 8. The van der Waals surface area contributed by atoms with E-state index in [1.165, 1.54) is 44.1 Å². The zero-order chi connectivity index (χ0) is 26.0. The van der Waals surface area contributed by atoms with Gasteiger partial charge in [0.25, 0.3) is 15.9 Å². The smallest absolute Gasteiger partial charge is 0.286 e. The number of nitrogens with zero attached hydrogens (tertiary/aromatic N) is 2. The number of anilines is 1. The molecule has 0 unspecified atom stereocenters. The van der Waals surface area contributed by atoms with Gasteiger partial charge in [0.1, 0.15) is 6.04 Å². The minimum Gasteiger partial charge on any atom is -0.493 e. The lowest BCUT2D eigenvalue weighted by Crippen LogP contribution is -2.43. The van der Waals surface area contributed by atoms with Gasteiger partial charge in [-0.1, -0.05) is 48.5 Å². The lowest BCUT2D eigenvalue weighted by Gasteiger charge is -2.27. The molecule has 0 aliphatic carbocycles. The van der Waals surface area contributed by atoms with E-state index in [0.717, 1.165) is 0 Å². The van der Waals surface area contributed by atoms with Crippen molar-refractivity contribution in [3.8, 4) is 17.2 Å². The van der Waals surface area contributed by atoms with Crippen LogP contribution in [0.1, 0.15) is 11.6 Å². The van der Waals surface area contributed by atoms with E-state index in [1.807, 2.05) is 12.1 Å².